The van der Waals surface area contributed by atoms with Crippen LogP contribution in [0.2, 0.25) is 10.0 Å². The highest BCUT2D eigenvalue weighted by molar-refractivity contribution is 6.31. The minimum absolute atomic E-state index is 0.0280. The van der Waals surface area contributed by atoms with Crippen molar-refractivity contribution in [1.29, 1.82) is 0 Å². The van der Waals surface area contributed by atoms with E-state index in [2.05, 4.69) is 5.32 Å². The number of hydrogen-bond donors (Lipinski definition) is 2. The van der Waals surface area contributed by atoms with Crippen LogP contribution < -0.4 is 14.8 Å². The van der Waals surface area contributed by atoms with Crippen molar-refractivity contribution in [2.24, 2.45) is 0 Å². The van der Waals surface area contributed by atoms with E-state index in [-0.39, 0.29) is 6.61 Å². The largest absolute Gasteiger partial charge is 0.490 e. The fourth-order valence-electron chi connectivity index (χ4n) is 2.42. The Labute approximate surface area is 170 Å². The Kier molecular flexibility index (Phi) is 9.73. The second-order valence-electron chi connectivity index (χ2n) is 5.75. The molecule has 0 aliphatic carbocycles. The predicted octanol–water partition coefficient (Wildman–Crippen LogP) is 4.07. The zero-order valence-electron chi connectivity index (χ0n) is 15.3. The van der Waals surface area contributed by atoms with Crippen LogP contribution in [0.1, 0.15) is 18.1 Å². The first-order valence-corrected chi connectivity index (χ1v) is 9.61. The van der Waals surface area contributed by atoms with Crippen molar-refractivity contribution in [1.82, 2.24) is 5.32 Å². The molecule has 0 saturated heterocycles. The highest BCUT2D eigenvalue weighted by Gasteiger charge is 2.11. The maximum atomic E-state index is 8.68. The van der Waals surface area contributed by atoms with Crippen molar-refractivity contribution in [3.05, 3.63) is 57.6 Å². The molecule has 0 aliphatic rings. The van der Waals surface area contributed by atoms with E-state index < -0.39 is 0 Å². The fraction of sp³-hybridized carbons (Fsp3) is 0.400. The summed E-state index contributed by atoms with van der Waals surface area (Å²) in [6, 6.07) is 11.2. The Balaban J connectivity index is 1.99. The Morgan fingerprint density at radius 3 is 2.59 bits per heavy atom. The summed E-state index contributed by atoms with van der Waals surface area (Å²) in [6.07, 6.45) is 0. The summed E-state index contributed by atoms with van der Waals surface area (Å²) in [5.74, 6) is 1.24. The Bertz CT molecular complexity index is 712. The summed E-state index contributed by atoms with van der Waals surface area (Å²) < 4.78 is 16.8. The zero-order chi connectivity index (χ0) is 19.5. The van der Waals surface area contributed by atoms with E-state index in [0.29, 0.717) is 61.1 Å². The molecule has 7 heteroatoms. The Morgan fingerprint density at radius 1 is 1.04 bits per heavy atom. The van der Waals surface area contributed by atoms with E-state index in [0.717, 1.165) is 11.1 Å². The molecule has 0 unspecified atom stereocenters. The van der Waals surface area contributed by atoms with Gasteiger partial charge in [-0.2, -0.15) is 0 Å². The van der Waals surface area contributed by atoms with E-state index in [4.69, 9.17) is 42.5 Å². The average molecular weight is 414 g/mol. The quantitative estimate of drug-likeness (QED) is 0.513. The maximum Gasteiger partial charge on any atom is 0.163 e. The van der Waals surface area contributed by atoms with E-state index in [1.807, 2.05) is 37.3 Å². The van der Waals surface area contributed by atoms with Crippen LogP contribution >= 0.6 is 23.2 Å². The molecule has 0 saturated carbocycles. The van der Waals surface area contributed by atoms with E-state index in [1.54, 1.807) is 6.07 Å². The monoisotopic (exact) mass is 413 g/mol. The minimum atomic E-state index is 0.0280. The lowest BCUT2D eigenvalue weighted by atomic mass is 10.2. The van der Waals surface area contributed by atoms with E-state index in [9.17, 15) is 0 Å². The smallest absolute Gasteiger partial charge is 0.163 e. The molecule has 0 heterocycles. The number of ether oxygens (including phenoxy) is 3. The van der Waals surface area contributed by atoms with Crippen LogP contribution in [0.5, 0.6) is 11.5 Å². The first kappa shape index (κ1) is 21.8. The van der Waals surface area contributed by atoms with Crippen LogP contribution in [0.3, 0.4) is 0 Å². The lowest BCUT2D eigenvalue weighted by molar-refractivity contribution is 0.0938. The van der Waals surface area contributed by atoms with Gasteiger partial charge in [0.05, 0.1) is 26.4 Å². The van der Waals surface area contributed by atoms with Crippen molar-refractivity contribution < 1.29 is 19.3 Å². The molecule has 2 rings (SSSR count). The summed E-state index contributed by atoms with van der Waals surface area (Å²) in [5, 5.41) is 13.2. The summed E-state index contributed by atoms with van der Waals surface area (Å²) in [4.78, 5) is 0. The Hall–Kier alpha value is -1.50. The van der Waals surface area contributed by atoms with Gasteiger partial charge in [0.15, 0.2) is 11.5 Å². The molecule has 0 spiro atoms. The molecule has 27 heavy (non-hydrogen) atoms. The van der Waals surface area contributed by atoms with Crippen molar-refractivity contribution in [3.63, 3.8) is 0 Å². The van der Waals surface area contributed by atoms with Gasteiger partial charge in [-0.3, -0.25) is 0 Å². The second-order valence-corrected chi connectivity index (χ2v) is 6.60. The number of nitrogens with one attached hydrogen (secondary N) is 1. The summed E-state index contributed by atoms with van der Waals surface area (Å²) in [7, 11) is 0. The molecule has 0 atom stereocenters. The van der Waals surface area contributed by atoms with Gasteiger partial charge in [0.1, 0.15) is 6.61 Å². The molecule has 5 nitrogen and oxygen atoms in total. The van der Waals surface area contributed by atoms with Crippen molar-refractivity contribution in [3.8, 4) is 11.5 Å². The molecule has 2 N–H and O–H groups in total. The topological polar surface area (TPSA) is 60.0 Å². The maximum absolute atomic E-state index is 8.68. The first-order valence-electron chi connectivity index (χ1n) is 8.85. The number of aliphatic hydroxyl groups excluding tert-OH is 1. The number of aliphatic hydroxyl groups is 1. The third-order valence-electron chi connectivity index (χ3n) is 3.67. The molecule has 0 bridgehead atoms. The molecule has 0 fully saturated rings. The predicted molar refractivity (Wildman–Crippen MR) is 108 cm³/mol. The van der Waals surface area contributed by atoms with E-state index >= 15 is 0 Å². The Morgan fingerprint density at radius 2 is 1.85 bits per heavy atom. The van der Waals surface area contributed by atoms with Gasteiger partial charge in [0.25, 0.3) is 0 Å². The normalized spacial score (nSPS) is 10.8. The van der Waals surface area contributed by atoms with Gasteiger partial charge in [-0.25, -0.2) is 0 Å². The summed E-state index contributed by atoms with van der Waals surface area (Å²) in [6.45, 7) is 4.95. The molecular weight excluding hydrogens is 389 g/mol. The number of halogens is 2. The average Bonchev–Trinajstić information content (AvgIpc) is 2.65. The van der Waals surface area contributed by atoms with E-state index in [1.165, 1.54) is 0 Å². The summed E-state index contributed by atoms with van der Waals surface area (Å²) >= 11 is 12.4. The SMILES string of the molecule is CCOc1cc(CNCCOCCO)c(Cl)cc1OCc1cccc(Cl)c1. The fourth-order valence-corrected chi connectivity index (χ4v) is 2.85. The standard InChI is InChI=1S/C20H25Cl2NO4/c1-2-26-19-11-16(13-23-6-8-25-9-7-24)18(22)12-20(19)27-14-15-4-3-5-17(21)10-15/h3-5,10-12,23-24H,2,6-9,13-14H2,1H3. The van der Waals surface area contributed by atoms with Gasteiger partial charge in [0, 0.05) is 29.2 Å². The van der Waals surface area contributed by atoms with Crippen LogP contribution in [-0.4, -0.2) is 38.1 Å². The van der Waals surface area contributed by atoms with Crippen LogP contribution in [0.4, 0.5) is 0 Å². The lowest BCUT2D eigenvalue weighted by Crippen LogP contribution is -2.20. The van der Waals surface area contributed by atoms with Crippen LogP contribution in [0.25, 0.3) is 0 Å². The zero-order valence-corrected chi connectivity index (χ0v) is 16.9. The van der Waals surface area contributed by atoms with Crippen molar-refractivity contribution in [2.75, 3.05) is 33.0 Å². The molecule has 0 radical (unpaired) electrons. The van der Waals surface area contributed by atoms with Crippen LogP contribution in [-0.2, 0) is 17.9 Å². The van der Waals surface area contributed by atoms with Gasteiger partial charge in [-0.1, -0.05) is 35.3 Å². The molecule has 0 aliphatic heterocycles. The number of benzene rings is 2. The van der Waals surface area contributed by atoms with Gasteiger partial charge in [-0.15, -0.1) is 0 Å². The highest BCUT2D eigenvalue weighted by Crippen LogP contribution is 2.34. The molecule has 0 aromatic heterocycles. The van der Waals surface area contributed by atoms with Gasteiger partial charge < -0.3 is 24.6 Å². The van der Waals surface area contributed by atoms with Crippen LogP contribution in [0, 0.1) is 0 Å². The molecule has 148 valence electrons. The van der Waals surface area contributed by atoms with Gasteiger partial charge in [0.2, 0.25) is 0 Å². The van der Waals surface area contributed by atoms with Crippen LogP contribution in [0.15, 0.2) is 36.4 Å². The third kappa shape index (κ3) is 7.56. The van der Waals surface area contributed by atoms with Gasteiger partial charge >= 0.3 is 0 Å². The molecule has 2 aromatic rings. The molecule has 2 aromatic carbocycles. The molecule has 0 amide bonds. The number of hydrogen-bond acceptors (Lipinski definition) is 5. The minimum Gasteiger partial charge on any atom is -0.490 e. The summed E-state index contributed by atoms with van der Waals surface area (Å²) in [5.41, 5.74) is 1.88. The van der Waals surface area contributed by atoms with Gasteiger partial charge in [-0.05, 0) is 36.2 Å². The van der Waals surface area contributed by atoms with Crippen molar-refractivity contribution in [2.45, 2.75) is 20.1 Å². The third-order valence-corrected chi connectivity index (χ3v) is 4.26. The molecular formula is C20H25Cl2NO4. The first-order chi connectivity index (χ1) is 13.1. The second kappa shape index (κ2) is 12.1. The lowest BCUT2D eigenvalue weighted by Gasteiger charge is -2.15. The number of rotatable bonds is 12. The highest BCUT2D eigenvalue weighted by atomic mass is 35.5. The van der Waals surface area contributed by atoms with Crippen molar-refractivity contribution >= 4 is 23.2 Å².